The Bertz CT molecular complexity index is 223. The minimum atomic E-state index is 0.880. The predicted molar refractivity (Wildman–Crippen MR) is 46.9 cm³/mol. The Labute approximate surface area is 65.7 Å². The van der Waals surface area contributed by atoms with Crippen LogP contribution in [-0.4, -0.2) is 7.05 Å². The molecule has 1 aromatic carbocycles. The fourth-order valence-corrected chi connectivity index (χ4v) is 0.831. The summed E-state index contributed by atoms with van der Waals surface area (Å²) in [6.07, 6.45) is 0. The van der Waals surface area contributed by atoms with Gasteiger partial charge in [-0.3, -0.25) is 5.84 Å². The van der Waals surface area contributed by atoms with Crippen LogP contribution in [0.1, 0.15) is 0 Å². The maximum absolute atomic E-state index is 5.22. The van der Waals surface area contributed by atoms with Crippen molar-refractivity contribution in [2.45, 2.75) is 0 Å². The van der Waals surface area contributed by atoms with Gasteiger partial charge in [-0.1, -0.05) is 6.07 Å². The van der Waals surface area contributed by atoms with Crippen LogP contribution >= 0.6 is 0 Å². The summed E-state index contributed by atoms with van der Waals surface area (Å²) in [5.74, 6) is 5.22. The van der Waals surface area contributed by atoms with E-state index >= 15 is 0 Å². The summed E-state index contributed by atoms with van der Waals surface area (Å²) in [5, 5.41) is 0. The number of anilines is 2. The first kappa shape index (κ1) is 7.84. The number of hydrazine groups is 2. The van der Waals surface area contributed by atoms with Crippen molar-refractivity contribution in [3.8, 4) is 0 Å². The van der Waals surface area contributed by atoms with E-state index in [9.17, 15) is 0 Å². The lowest BCUT2D eigenvalue weighted by Gasteiger charge is -2.05. The third kappa shape index (κ3) is 2.10. The zero-order valence-electron chi connectivity index (χ0n) is 6.39. The van der Waals surface area contributed by atoms with E-state index in [1.807, 2.05) is 31.3 Å². The molecule has 1 rings (SSSR count). The molecule has 0 fully saturated rings. The smallest absolute Gasteiger partial charge is 0.0508 e. The molecule has 0 bridgehead atoms. The second-order valence-corrected chi connectivity index (χ2v) is 2.10. The molecule has 1 aromatic rings. The fraction of sp³-hybridized carbons (Fsp3) is 0.143. The normalized spacial score (nSPS) is 9.27. The molecule has 0 atom stereocenters. The Morgan fingerprint density at radius 2 is 2.00 bits per heavy atom. The van der Waals surface area contributed by atoms with E-state index in [0.717, 1.165) is 11.4 Å². The van der Waals surface area contributed by atoms with Crippen LogP contribution in [0.25, 0.3) is 0 Å². The molecule has 4 nitrogen and oxygen atoms in total. The highest BCUT2D eigenvalue weighted by Gasteiger charge is 1.90. The molecule has 0 amide bonds. The number of nitrogens with two attached hydrogens (primary N) is 1. The molecular weight excluding hydrogens is 140 g/mol. The molecule has 5 N–H and O–H groups in total. The quantitative estimate of drug-likeness (QED) is 0.376. The number of hydrogen-bond acceptors (Lipinski definition) is 4. The number of nitrogen functional groups attached to an aromatic ring is 1. The number of rotatable bonds is 3. The SMILES string of the molecule is CNNc1cccc(NN)c1. The van der Waals surface area contributed by atoms with Gasteiger partial charge in [-0.25, -0.2) is 5.43 Å². The molecule has 0 spiro atoms. The largest absolute Gasteiger partial charge is 0.324 e. The first-order valence-corrected chi connectivity index (χ1v) is 3.36. The third-order valence-corrected chi connectivity index (χ3v) is 1.30. The monoisotopic (exact) mass is 152 g/mol. The van der Waals surface area contributed by atoms with Crippen LogP contribution in [0.2, 0.25) is 0 Å². The summed E-state index contributed by atoms with van der Waals surface area (Å²) < 4.78 is 0. The topological polar surface area (TPSA) is 62.1 Å². The average Bonchev–Trinajstić information content (AvgIpc) is 2.06. The minimum Gasteiger partial charge on any atom is -0.324 e. The molecule has 0 unspecified atom stereocenters. The Morgan fingerprint density at radius 1 is 1.27 bits per heavy atom. The average molecular weight is 152 g/mol. The maximum Gasteiger partial charge on any atom is 0.0508 e. The van der Waals surface area contributed by atoms with Crippen molar-refractivity contribution in [2.75, 3.05) is 17.9 Å². The number of benzene rings is 1. The highest BCUT2D eigenvalue weighted by molar-refractivity contribution is 5.55. The predicted octanol–water partition coefficient (Wildman–Crippen LogP) is 0.518. The van der Waals surface area contributed by atoms with Gasteiger partial charge in [0.2, 0.25) is 0 Å². The second-order valence-electron chi connectivity index (χ2n) is 2.10. The van der Waals surface area contributed by atoms with E-state index < -0.39 is 0 Å². The summed E-state index contributed by atoms with van der Waals surface area (Å²) in [7, 11) is 1.81. The highest BCUT2D eigenvalue weighted by Crippen LogP contribution is 2.12. The van der Waals surface area contributed by atoms with Crippen LogP contribution < -0.4 is 22.1 Å². The van der Waals surface area contributed by atoms with E-state index in [2.05, 4.69) is 16.3 Å². The summed E-state index contributed by atoms with van der Waals surface area (Å²) in [6.45, 7) is 0. The molecule has 0 aliphatic carbocycles. The first-order chi connectivity index (χ1) is 5.36. The Morgan fingerprint density at radius 3 is 2.64 bits per heavy atom. The van der Waals surface area contributed by atoms with Gasteiger partial charge in [0.25, 0.3) is 0 Å². The van der Waals surface area contributed by atoms with E-state index in [-0.39, 0.29) is 0 Å². The molecule has 0 saturated carbocycles. The van der Waals surface area contributed by atoms with Gasteiger partial charge in [0.15, 0.2) is 0 Å². The number of hydrogen-bond donors (Lipinski definition) is 4. The van der Waals surface area contributed by atoms with Crippen LogP contribution in [0.5, 0.6) is 0 Å². The second kappa shape index (κ2) is 3.80. The Kier molecular flexibility index (Phi) is 2.71. The fourth-order valence-electron chi connectivity index (χ4n) is 0.831. The van der Waals surface area contributed by atoms with Crippen LogP contribution in [0, 0.1) is 0 Å². The summed E-state index contributed by atoms with van der Waals surface area (Å²) >= 11 is 0. The van der Waals surface area contributed by atoms with Gasteiger partial charge >= 0.3 is 0 Å². The van der Waals surface area contributed by atoms with E-state index in [4.69, 9.17) is 5.84 Å². The lowest BCUT2D eigenvalue weighted by molar-refractivity contribution is 0.984. The van der Waals surface area contributed by atoms with Crippen LogP contribution in [0.4, 0.5) is 11.4 Å². The maximum atomic E-state index is 5.22. The molecular formula is C7H12N4. The van der Waals surface area contributed by atoms with Gasteiger partial charge < -0.3 is 10.9 Å². The first-order valence-electron chi connectivity index (χ1n) is 3.36. The highest BCUT2D eigenvalue weighted by atomic mass is 15.3. The molecule has 0 aromatic heterocycles. The minimum absolute atomic E-state index is 0.880. The zero-order chi connectivity index (χ0) is 8.10. The van der Waals surface area contributed by atoms with Crippen LogP contribution in [-0.2, 0) is 0 Å². The Balaban J connectivity index is 2.74. The molecule has 4 heteroatoms. The van der Waals surface area contributed by atoms with Crippen LogP contribution in [0.3, 0.4) is 0 Å². The molecule has 0 radical (unpaired) electrons. The van der Waals surface area contributed by atoms with Crippen molar-refractivity contribution >= 4 is 11.4 Å². The molecule has 60 valence electrons. The molecule has 0 aliphatic rings. The van der Waals surface area contributed by atoms with E-state index in [1.165, 1.54) is 0 Å². The van der Waals surface area contributed by atoms with Gasteiger partial charge in [0, 0.05) is 7.05 Å². The molecule has 11 heavy (non-hydrogen) atoms. The molecule has 0 saturated heterocycles. The molecule has 0 aliphatic heterocycles. The lowest BCUT2D eigenvalue weighted by atomic mass is 10.3. The van der Waals surface area contributed by atoms with Gasteiger partial charge in [-0.05, 0) is 18.2 Å². The standard InChI is InChI=1S/C7H12N4/c1-9-11-7-4-2-3-6(5-7)10-8/h2-5,9-11H,8H2,1H3. The van der Waals surface area contributed by atoms with E-state index in [1.54, 1.807) is 0 Å². The van der Waals surface area contributed by atoms with Crippen LogP contribution in [0.15, 0.2) is 24.3 Å². The van der Waals surface area contributed by atoms with Crippen molar-refractivity contribution < 1.29 is 0 Å². The van der Waals surface area contributed by atoms with Crippen molar-refractivity contribution in [2.24, 2.45) is 5.84 Å². The molecule has 0 heterocycles. The van der Waals surface area contributed by atoms with Gasteiger partial charge in [-0.15, -0.1) is 0 Å². The summed E-state index contributed by atoms with van der Waals surface area (Å²) in [4.78, 5) is 0. The van der Waals surface area contributed by atoms with Crippen molar-refractivity contribution in [3.05, 3.63) is 24.3 Å². The zero-order valence-corrected chi connectivity index (χ0v) is 6.39. The van der Waals surface area contributed by atoms with Crippen molar-refractivity contribution in [3.63, 3.8) is 0 Å². The van der Waals surface area contributed by atoms with Gasteiger partial charge in [-0.2, -0.15) is 0 Å². The van der Waals surface area contributed by atoms with Crippen molar-refractivity contribution in [1.29, 1.82) is 0 Å². The lowest BCUT2D eigenvalue weighted by Crippen LogP contribution is -2.15. The number of nitrogens with one attached hydrogen (secondary N) is 3. The van der Waals surface area contributed by atoms with E-state index in [0.29, 0.717) is 0 Å². The third-order valence-electron chi connectivity index (χ3n) is 1.30. The van der Waals surface area contributed by atoms with Crippen molar-refractivity contribution in [1.82, 2.24) is 5.43 Å². The van der Waals surface area contributed by atoms with Gasteiger partial charge in [0.1, 0.15) is 0 Å². The summed E-state index contributed by atoms with van der Waals surface area (Å²) in [6, 6.07) is 7.64. The Hall–Kier alpha value is -1.26. The van der Waals surface area contributed by atoms with Gasteiger partial charge in [0.05, 0.1) is 11.4 Å². The summed E-state index contributed by atoms with van der Waals surface area (Å²) in [5.41, 5.74) is 10.2.